The molecular weight excluding hydrogens is 234 g/mol. The number of nitrogens with two attached hydrogens (primary N) is 1. The van der Waals surface area contributed by atoms with E-state index in [0.29, 0.717) is 17.6 Å². The smallest absolute Gasteiger partial charge is 0.197 e. The van der Waals surface area contributed by atoms with Crippen molar-refractivity contribution in [3.8, 4) is 5.75 Å². The predicted molar refractivity (Wildman–Crippen MR) is 72.7 cm³/mol. The number of methoxy groups -OCH3 is 1. The Hall–Kier alpha value is -0.970. The van der Waals surface area contributed by atoms with Crippen LogP contribution in [-0.2, 0) is 0 Å². The standard InChI is InChI=1S/C12H21N3OS/c1-8-4-3-5-9(7-6-8)14-12-10(16-2)11(13)15-17-12/h8-9,14H,3-7H2,1-2H3,(H2,13,15). The molecule has 2 atom stereocenters. The monoisotopic (exact) mass is 255 g/mol. The summed E-state index contributed by atoms with van der Waals surface area (Å²) in [6.45, 7) is 2.34. The Morgan fingerprint density at radius 1 is 1.35 bits per heavy atom. The number of ether oxygens (including phenoxy) is 1. The lowest BCUT2D eigenvalue weighted by Gasteiger charge is -2.16. The van der Waals surface area contributed by atoms with Crippen LogP contribution < -0.4 is 15.8 Å². The zero-order valence-corrected chi connectivity index (χ0v) is 11.3. The number of nitrogens with zero attached hydrogens (tertiary/aromatic N) is 1. The average Bonchev–Trinajstić information content (AvgIpc) is 2.52. The summed E-state index contributed by atoms with van der Waals surface area (Å²) in [7, 11) is 1.64. The Morgan fingerprint density at radius 3 is 2.94 bits per heavy atom. The molecule has 0 radical (unpaired) electrons. The minimum atomic E-state index is 0.488. The Balaban J connectivity index is 1.99. The van der Waals surface area contributed by atoms with Crippen molar-refractivity contribution < 1.29 is 4.74 Å². The highest BCUT2D eigenvalue weighted by Gasteiger charge is 2.19. The molecule has 1 aromatic rings. The lowest BCUT2D eigenvalue weighted by Crippen LogP contribution is -2.18. The van der Waals surface area contributed by atoms with Crippen LogP contribution in [-0.4, -0.2) is 17.5 Å². The topological polar surface area (TPSA) is 60.2 Å². The minimum Gasteiger partial charge on any atom is -0.490 e. The number of rotatable bonds is 3. The van der Waals surface area contributed by atoms with Crippen molar-refractivity contribution in [1.82, 2.24) is 4.37 Å². The molecule has 1 aliphatic rings. The second-order valence-electron chi connectivity index (χ2n) is 4.88. The van der Waals surface area contributed by atoms with Gasteiger partial charge in [0.05, 0.1) is 7.11 Å². The predicted octanol–water partition coefficient (Wildman–Crippen LogP) is 3.11. The first-order valence-corrected chi connectivity index (χ1v) is 7.03. The van der Waals surface area contributed by atoms with Gasteiger partial charge in [0, 0.05) is 6.04 Å². The van der Waals surface area contributed by atoms with Crippen molar-refractivity contribution in [2.24, 2.45) is 5.92 Å². The van der Waals surface area contributed by atoms with E-state index in [4.69, 9.17) is 10.5 Å². The molecule has 1 aliphatic carbocycles. The maximum atomic E-state index is 5.74. The zero-order valence-electron chi connectivity index (χ0n) is 10.5. The fourth-order valence-corrected chi connectivity index (χ4v) is 3.16. The maximum absolute atomic E-state index is 5.74. The fourth-order valence-electron chi connectivity index (χ4n) is 2.40. The van der Waals surface area contributed by atoms with Gasteiger partial charge in [0.15, 0.2) is 16.6 Å². The van der Waals surface area contributed by atoms with Crippen molar-refractivity contribution in [3.05, 3.63) is 0 Å². The molecular formula is C12H21N3OS. The van der Waals surface area contributed by atoms with Crippen LogP contribution in [0.5, 0.6) is 5.75 Å². The molecule has 3 N–H and O–H groups in total. The molecule has 0 aromatic carbocycles. The van der Waals surface area contributed by atoms with E-state index < -0.39 is 0 Å². The van der Waals surface area contributed by atoms with Crippen LogP contribution in [0.3, 0.4) is 0 Å². The normalized spacial score (nSPS) is 25.3. The van der Waals surface area contributed by atoms with Gasteiger partial charge in [-0.25, -0.2) is 0 Å². The molecule has 0 saturated heterocycles. The summed E-state index contributed by atoms with van der Waals surface area (Å²) < 4.78 is 9.39. The highest BCUT2D eigenvalue weighted by molar-refractivity contribution is 7.11. The molecule has 1 heterocycles. The Kier molecular flexibility index (Phi) is 4.10. The molecule has 0 aliphatic heterocycles. The van der Waals surface area contributed by atoms with Crippen LogP contribution >= 0.6 is 11.5 Å². The average molecular weight is 255 g/mol. The highest BCUT2D eigenvalue weighted by atomic mass is 32.1. The number of aromatic nitrogens is 1. The van der Waals surface area contributed by atoms with Crippen molar-refractivity contribution >= 4 is 22.4 Å². The molecule has 0 amide bonds. The largest absolute Gasteiger partial charge is 0.490 e. The summed E-state index contributed by atoms with van der Waals surface area (Å²) in [5, 5.41) is 4.51. The Morgan fingerprint density at radius 2 is 2.18 bits per heavy atom. The summed E-state index contributed by atoms with van der Waals surface area (Å²) in [5.41, 5.74) is 5.74. The number of nitrogens with one attached hydrogen (secondary N) is 1. The summed E-state index contributed by atoms with van der Waals surface area (Å²) >= 11 is 1.39. The first-order valence-electron chi connectivity index (χ1n) is 6.26. The van der Waals surface area contributed by atoms with Crippen LogP contribution in [0.1, 0.15) is 39.0 Å². The summed E-state index contributed by atoms with van der Waals surface area (Å²) in [6, 6.07) is 0.536. The summed E-state index contributed by atoms with van der Waals surface area (Å²) in [6.07, 6.45) is 6.40. The molecule has 1 aromatic heterocycles. The molecule has 1 fully saturated rings. The number of hydrogen-bond donors (Lipinski definition) is 2. The van der Waals surface area contributed by atoms with Crippen LogP contribution in [0.2, 0.25) is 0 Å². The number of nitrogen functional groups attached to an aromatic ring is 1. The van der Waals surface area contributed by atoms with Gasteiger partial charge in [-0.05, 0) is 36.7 Å². The molecule has 2 unspecified atom stereocenters. The third-order valence-electron chi connectivity index (χ3n) is 3.47. The quantitative estimate of drug-likeness (QED) is 0.815. The van der Waals surface area contributed by atoms with E-state index >= 15 is 0 Å². The Labute approximate surface area is 107 Å². The molecule has 2 rings (SSSR count). The molecule has 1 saturated carbocycles. The van der Waals surface area contributed by atoms with E-state index in [1.54, 1.807) is 7.11 Å². The zero-order chi connectivity index (χ0) is 12.3. The molecule has 17 heavy (non-hydrogen) atoms. The van der Waals surface area contributed by atoms with E-state index in [2.05, 4.69) is 16.6 Å². The van der Waals surface area contributed by atoms with E-state index in [0.717, 1.165) is 10.9 Å². The molecule has 0 spiro atoms. The van der Waals surface area contributed by atoms with E-state index in [-0.39, 0.29) is 0 Å². The maximum Gasteiger partial charge on any atom is 0.197 e. The first kappa shape index (κ1) is 12.5. The molecule has 5 heteroatoms. The van der Waals surface area contributed by atoms with E-state index in [9.17, 15) is 0 Å². The SMILES string of the molecule is COc1c(N)nsc1NC1CCCC(C)CC1. The van der Waals surface area contributed by atoms with Gasteiger partial charge < -0.3 is 15.8 Å². The number of hydrogen-bond acceptors (Lipinski definition) is 5. The van der Waals surface area contributed by atoms with Crippen LogP contribution in [0.25, 0.3) is 0 Å². The second-order valence-corrected chi connectivity index (χ2v) is 5.66. The van der Waals surface area contributed by atoms with E-state index in [1.165, 1.54) is 43.6 Å². The van der Waals surface area contributed by atoms with Gasteiger partial charge in [-0.1, -0.05) is 19.8 Å². The van der Waals surface area contributed by atoms with Crippen LogP contribution in [0.15, 0.2) is 0 Å². The van der Waals surface area contributed by atoms with Gasteiger partial charge in [-0.15, -0.1) is 0 Å². The molecule has 4 nitrogen and oxygen atoms in total. The first-order chi connectivity index (χ1) is 8.20. The van der Waals surface area contributed by atoms with Crippen LogP contribution in [0, 0.1) is 5.92 Å². The lowest BCUT2D eigenvalue weighted by molar-refractivity contribution is 0.418. The van der Waals surface area contributed by atoms with Gasteiger partial charge in [0.1, 0.15) is 0 Å². The molecule has 96 valence electrons. The second kappa shape index (κ2) is 5.58. The van der Waals surface area contributed by atoms with Crippen molar-refractivity contribution in [2.45, 2.75) is 45.1 Å². The minimum absolute atomic E-state index is 0.488. The van der Waals surface area contributed by atoms with Gasteiger partial charge in [-0.3, -0.25) is 0 Å². The van der Waals surface area contributed by atoms with Crippen molar-refractivity contribution in [3.63, 3.8) is 0 Å². The lowest BCUT2D eigenvalue weighted by atomic mass is 10.0. The van der Waals surface area contributed by atoms with Crippen LogP contribution in [0.4, 0.5) is 10.8 Å². The third-order valence-corrected chi connectivity index (χ3v) is 4.24. The van der Waals surface area contributed by atoms with Gasteiger partial charge in [0.25, 0.3) is 0 Å². The number of anilines is 2. The third kappa shape index (κ3) is 3.03. The van der Waals surface area contributed by atoms with Gasteiger partial charge in [0.2, 0.25) is 0 Å². The van der Waals surface area contributed by atoms with Gasteiger partial charge >= 0.3 is 0 Å². The van der Waals surface area contributed by atoms with E-state index in [1.807, 2.05) is 0 Å². The summed E-state index contributed by atoms with van der Waals surface area (Å²) in [5.74, 6) is 2.05. The summed E-state index contributed by atoms with van der Waals surface area (Å²) in [4.78, 5) is 0. The van der Waals surface area contributed by atoms with Crippen molar-refractivity contribution in [1.29, 1.82) is 0 Å². The van der Waals surface area contributed by atoms with Crippen molar-refractivity contribution in [2.75, 3.05) is 18.2 Å². The fraction of sp³-hybridized carbons (Fsp3) is 0.750. The van der Waals surface area contributed by atoms with Gasteiger partial charge in [-0.2, -0.15) is 4.37 Å². The highest BCUT2D eigenvalue weighted by Crippen LogP contribution is 2.36. The molecule has 0 bridgehead atoms. The Bertz CT molecular complexity index is 367.